The molecule has 0 atom stereocenters. The Hall–Kier alpha value is -0.130. The van der Waals surface area contributed by atoms with Gasteiger partial charge in [0.2, 0.25) is 0 Å². The lowest BCUT2D eigenvalue weighted by Crippen LogP contribution is -2.04. The second-order valence-corrected chi connectivity index (χ2v) is 3.37. The highest BCUT2D eigenvalue weighted by atomic mass is 127. The molecule has 17 heavy (non-hydrogen) atoms. The van der Waals surface area contributed by atoms with E-state index in [9.17, 15) is 0 Å². The molecule has 102 valence electrons. The molecule has 0 aliphatic heterocycles. The summed E-state index contributed by atoms with van der Waals surface area (Å²) in [5.41, 5.74) is 7.99. The number of rotatable bonds is 6. The Morgan fingerprint density at radius 1 is 1.24 bits per heavy atom. The lowest BCUT2D eigenvalue weighted by molar-refractivity contribution is 0.120. The summed E-state index contributed by atoms with van der Waals surface area (Å²) < 4.78 is 5.48. The molecule has 1 aromatic carbocycles. The number of hydrogen-bond acceptors (Lipinski definition) is 2. The van der Waals surface area contributed by atoms with E-state index in [-0.39, 0.29) is 25.4 Å². The molecule has 1 aromatic rings. The van der Waals surface area contributed by atoms with Crippen LogP contribution >= 0.6 is 24.0 Å². The van der Waals surface area contributed by atoms with Crippen molar-refractivity contribution < 1.29 is 6.16 Å². The van der Waals surface area contributed by atoms with Gasteiger partial charge in [0.25, 0.3) is 0 Å². The maximum absolute atomic E-state index is 5.48. The van der Waals surface area contributed by atoms with E-state index >= 15 is 0 Å². The summed E-state index contributed by atoms with van der Waals surface area (Å²) >= 11 is 0. The minimum atomic E-state index is 0. The minimum absolute atomic E-state index is 0. The monoisotopic (exact) mass is 353 g/mol. The molecule has 3 heteroatoms. The van der Waals surface area contributed by atoms with Crippen LogP contribution in [0.3, 0.4) is 0 Å². The highest BCUT2D eigenvalue weighted by Crippen LogP contribution is 2.07. The molecule has 2 N–H and O–H groups in total. The lowest BCUT2D eigenvalue weighted by atomic mass is 10.1. The maximum Gasteiger partial charge on any atom is 0.0716 e. The number of ether oxygens (including phenoxy) is 1. The van der Waals surface area contributed by atoms with Crippen molar-refractivity contribution in [3.8, 4) is 0 Å². The Morgan fingerprint density at radius 2 is 1.88 bits per heavy atom. The summed E-state index contributed by atoms with van der Waals surface area (Å²) in [6, 6.07) is 8.52. The van der Waals surface area contributed by atoms with E-state index in [2.05, 4.69) is 31.2 Å². The molecule has 0 bridgehead atoms. The maximum atomic E-state index is 5.48. The Bertz CT molecular complexity index is 272. The fourth-order valence-electron chi connectivity index (χ4n) is 1.31. The minimum Gasteiger partial charge on any atom is -0.377 e. The van der Waals surface area contributed by atoms with Crippen molar-refractivity contribution in [1.82, 2.24) is 0 Å². The predicted molar refractivity (Wildman–Crippen MR) is 88.0 cm³/mol. The van der Waals surface area contributed by atoms with Crippen LogP contribution in [0.2, 0.25) is 0 Å². The molecule has 0 saturated carbocycles. The molecule has 0 aliphatic carbocycles. The number of benzene rings is 1. The SMILES string of the molecule is CC.CCc1cccc(COCCCN)c1.I.[HH]. The van der Waals surface area contributed by atoms with Gasteiger partial charge in [0, 0.05) is 8.03 Å². The van der Waals surface area contributed by atoms with E-state index in [1.807, 2.05) is 13.8 Å². The van der Waals surface area contributed by atoms with Crippen LogP contribution in [-0.4, -0.2) is 13.2 Å². The quantitative estimate of drug-likeness (QED) is 0.620. The molecule has 0 amide bonds. The van der Waals surface area contributed by atoms with Crippen LogP contribution in [0.1, 0.15) is 39.7 Å². The van der Waals surface area contributed by atoms with Gasteiger partial charge in [-0.25, -0.2) is 0 Å². The Morgan fingerprint density at radius 3 is 2.47 bits per heavy atom. The first kappa shape index (κ1) is 19.2. The van der Waals surface area contributed by atoms with Crippen molar-refractivity contribution in [1.29, 1.82) is 0 Å². The zero-order valence-electron chi connectivity index (χ0n) is 11.2. The Labute approximate surface area is 124 Å². The third-order valence-electron chi connectivity index (χ3n) is 2.16. The zero-order valence-corrected chi connectivity index (χ0v) is 13.6. The number of aryl methyl sites for hydroxylation is 1. The van der Waals surface area contributed by atoms with E-state index in [4.69, 9.17) is 10.5 Å². The fraction of sp³-hybridized carbons (Fsp3) is 0.571. The summed E-state index contributed by atoms with van der Waals surface area (Å²) in [7, 11) is 0. The van der Waals surface area contributed by atoms with Crippen molar-refractivity contribution in [3.63, 3.8) is 0 Å². The third kappa shape index (κ3) is 9.56. The molecule has 0 spiro atoms. The first-order chi connectivity index (χ1) is 7.86. The van der Waals surface area contributed by atoms with Crippen LogP contribution in [0.15, 0.2) is 24.3 Å². The van der Waals surface area contributed by atoms with E-state index in [0.717, 1.165) is 19.4 Å². The van der Waals surface area contributed by atoms with Crippen LogP contribution < -0.4 is 5.73 Å². The van der Waals surface area contributed by atoms with Gasteiger partial charge in [-0.15, -0.1) is 24.0 Å². The topological polar surface area (TPSA) is 35.2 Å². The summed E-state index contributed by atoms with van der Waals surface area (Å²) in [4.78, 5) is 0. The predicted octanol–water partition coefficient (Wildman–Crippen LogP) is 4.00. The molecule has 0 aliphatic rings. The number of halogens is 1. The van der Waals surface area contributed by atoms with E-state index < -0.39 is 0 Å². The van der Waals surface area contributed by atoms with Crippen LogP contribution in [0.5, 0.6) is 0 Å². The number of hydrogen-bond donors (Lipinski definition) is 1. The second-order valence-electron chi connectivity index (χ2n) is 3.37. The fourth-order valence-corrected chi connectivity index (χ4v) is 1.31. The van der Waals surface area contributed by atoms with Crippen molar-refractivity contribution in [2.45, 2.75) is 40.2 Å². The van der Waals surface area contributed by atoms with Crippen molar-refractivity contribution in [2.75, 3.05) is 13.2 Å². The van der Waals surface area contributed by atoms with E-state index in [1.54, 1.807) is 0 Å². The molecule has 0 unspecified atom stereocenters. The highest BCUT2D eigenvalue weighted by molar-refractivity contribution is 14.0. The first-order valence-electron chi connectivity index (χ1n) is 6.22. The molecule has 2 nitrogen and oxygen atoms in total. The molecule has 0 fully saturated rings. The van der Waals surface area contributed by atoms with Gasteiger partial charge in [-0.3, -0.25) is 0 Å². The van der Waals surface area contributed by atoms with Gasteiger partial charge in [0.1, 0.15) is 0 Å². The lowest BCUT2D eigenvalue weighted by Gasteiger charge is -2.04. The largest absolute Gasteiger partial charge is 0.377 e. The Balaban J connectivity index is -0.000000534. The average Bonchev–Trinajstić information content (AvgIpc) is 2.37. The van der Waals surface area contributed by atoms with Gasteiger partial charge in [-0.05, 0) is 30.5 Å². The molecule has 0 saturated heterocycles. The van der Waals surface area contributed by atoms with Crippen LogP contribution in [0, 0.1) is 0 Å². The zero-order chi connectivity index (χ0) is 12.2. The van der Waals surface area contributed by atoms with Crippen LogP contribution in [0.4, 0.5) is 0 Å². The first-order valence-corrected chi connectivity index (χ1v) is 6.22. The molecule has 1 rings (SSSR count). The molecular formula is C14H28INO. The summed E-state index contributed by atoms with van der Waals surface area (Å²) in [6.07, 6.45) is 2.02. The van der Waals surface area contributed by atoms with Gasteiger partial charge in [0.15, 0.2) is 0 Å². The molecule has 0 aromatic heterocycles. The summed E-state index contributed by atoms with van der Waals surface area (Å²) in [5, 5.41) is 0. The normalized spacial score (nSPS) is 8.94. The highest BCUT2D eigenvalue weighted by Gasteiger charge is 1.94. The summed E-state index contributed by atoms with van der Waals surface area (Å²) in [6.45, 7) is 8.32. The van der Waals surface area contributed by atoms with Crippen molar-refractivity contribution in [2.24, 2.45) is 5.73 Å². The summed E-state index contributed by atoms with van der Waals surface area (Å²) in [5.74, 6) is 0. The van der Waals surface area contributed by atoms with Gasteiger partial charge < -0.3 is 10.5 Å². The second kappa shape index (κ2) is 13.9. The average molecular weight is 353 g/mol. The van der Waals surface area contributed by atoms with Gasteiger partial charge in [-0.1, -0.05) is 45.0 Å². The van der Waals surface area contributed by atoms with E-state index in [0.29, 0.717) is 13.2 Å². The molecule has 0 radical (unpaired) electrons. The van der Waals surface area contributed by atoms with Crippen molar-refractivity contribution >= 4 is 24.0 Å². The van der Waals surface area contributed by atoms with Crippen LogP contribution in [-0.2, 0) is 17.8 Å². The third-order valence-corrected chi connectivity index (χ3v) is 2.16. The Kier molecular flexibility index (Phi) is 15.7. The van der Waals surface area contributed by atoms with Crippen molar-refractivity contribution in [3.05, 3.63) is 35.4 Å². The van der Waals surface area contributed by atoms with Gasteiger partial charge >= 0.3 is 0 Å². The standard InChI is InChI=1S/C12H19NO.C2H6.HI.H2/c1-2-11-5-3-6-12(9-11)10-14-8-4-7-13;1-2;;/h3,5-6,9H,2,4,7-8,10,13H2,1H3;1-2H3;2*1H. The molecule has 0 heterocycles. The smallest absolute Gasteiger partial charge is 0.0716 e. The number of nitrogens with two attached hydrogens (primary N) is 1. The van der Waals surface area contributed by atoms with E-state index in [1.165, 1.54) is 11.1 Å². The van der Waals surface area contributed by atoms with Gasteiger partial charge in [0.05, 0.1) is 6.61 Å². The van der Waals surface area contributed by atoms with Crippen LogP contribution in [0.25, 0.3) is 0 Å². The van der Waals surface area contributed by atoms with Gasteiger partial charge in [-0.2, -0.15) is 0 Å². The molecular weight excluding hydrogens is 325 g/mol.